The van der Waals surface area contributed by atoms with Gasteiger partial charge >= 0.3 is 0 Å². The fourth-order valence-corrected chi connectivity index (χ4v) is 4.78. The van der Waals surface area contributed by atoms with Gasteiger partial charge in [0.05, 0.1) is 11.5 Å². The van der Waals surface area contributed by atoms with Crippen LogP contribution in [0.5, 0.6) is 0 Å². The minimum Gasteiger partial charge on any atom is -0.380 e. The van der Waals surface area contributed by atoms with E-state index in [1.807, 2.05) is 0 Å². The highest BCUT2D eigenvalue weighted by atomic mass is 32.2. The van der Waals surface area contributed by atoms with Crippen LogP contribution >= 0.6 is 11.3 Å². The summed E-state index contributed by atoms with van der Waals surface area (Å²) in [6.45, 7) is 3.34. The number of aryl methyl sites for hydroxylation is 1. The van der Waals surface area contributed by atoms with Gasteiger partial charge in [0.1, 0.15) is 0 Å². The fourth-order valence-electron chi connectivity index (χ4n) is 2.01. The molecule has 0 saturated carbocycles. The van der Waals surface area contributed by atoms with E-state index in [-0.39, 0.29) is 6.04 Å². The third-order valence-corrected chi connectivity index (χ3v) is 5.74. The third-order valence-electron chi connectivity index (χ3n) is 2.90. The smallest absolute Gasteiger partial charge is 0.242 e. The lowest BCUT2D eigenvalue weighted by molar-refractivity contribution is 0.0774. The first-order valence-electron chi connectivity index (χ1n) is 5.92. The molecule has 1 aliphatic heterocycles. The summed E-state index contributed by atoms with van der Waals surface area (Å²) in [7, 11) is -3.45. The van der Waals surface area contributed by atoms with E-state index in [9.17, 15) is 8.42 Å². The van der Waals surface area contributed by atoms with E-state index in [1.54, 1.807) is 13.0 Å². The normalized spacial score (nSPS) is 21.1. The molecule has 0 radical (unpaired) electrons. The number of sulfonamides is 1. The molecular formula is C11H18N2O3S2. The van der Waals surface area contributed by atoms with Crippen molar-refractivity contribution in [2.45, 2.75) is 37.2 Å². The van der Waals surface area contributed by atoms with Gasteiger partial charge in [0.25, 0.3) is 0 Å². The van der Waals surface area contributed by atoms with E-state index in [1.165, 1.54) is 11.3 Å². The van der Waals surface area contributed by atoms with Gasteiger partial charge in [0.15, 0.2) is 0 Å². The number of nitrogens with two attached hydrogens (primary N) is 1. The van der Waals surface area contributed by atoms with E-state index in [2.05, 4.69) is 4.72 Å². The zero-order valence-electron chi connectivity index (χ0n) is 10.3. The molecule has 1 fully saturated rings. The second kappa shape index (κ2) is 5.66. The summed E-state index contributed by atoms with van der Waals surface area (Å²) < 4.78 is 32.5. The highest BCUT2D eigenvalue weighted by Gasteiger charge is 2.24. The summed E-state index contributed by atoms with van der Waals surface area (Å²) in [4.78, 5) is 2.01. The largest absolute Gasteiger partial charge is 0.380 e. The van der Waals surface area contributed by atoms with Crippen LogP contribution in [-0.4, -0.2) is 27.7 Å². The van der Waals surface area contributed by atoms with Crippen molar-refractivity contribution in [3.05, 3.63) is 15.8 Å². The average molecular weight is 290 g/mol. The van der Waals surface area contributed by atoms with Crippen molar-refractivity contribution >= 4 is 21.4 Å². The molecule has 0 aliphatic carbocycles. The zero-order valence-corrected chi connectivity index (χ0v) is 11.9. The standard InChI is InChI=1S/C11H18N2O3S2/c1-8-11(5-10(6-12)17-8)18(14,15)13-9-3-2-4-16-7-9/h5,9,13H,2-4,6-7,12H2,1H3. The molecule has 1 atom stereocenters. The van der Waals surface area contributed by atoms with Crippen LogP contribution in [0.25, 0.3) is 0 Å². The fraction of sp³-hybridized carbons (Fsp3) is 0.636. The highest BCUT2D eigenvalue weighted by Crippen LogP contribution is 2.25. The first-order chi connectivity index (χ1) is 8.53. The van der Waals surface area contributed by atoms with Crippen molar-refractivity contribution in [1.82, 2.24) is 4.72 Å². The van der Waals surface area contributed by atoms with Crippen LogP contribution in [0.2, 0.25) is 0 Å². The molecular weight excluding hydrogens is 272 g/mol. The first kappa shape index (κ1) is 14.0. The molecule has 1 aliphatic rings. The molecule has 2 rings (SSSR count). The van der Waals surface area contributed by atoms with Gasteiger partial charge in [-0.2, -0.15) is 0 Å². The molecule has 7 heteroatoms. The number of hydrogen-bond acceptors (Lipinski definition) is 5. The molecule has 102 valence electrons. The second-order valence-corrected chi connectivity index (χ2v) is 7.40. The Labute approximate surface area is 111 Å². The molecule has 0 amide bonds. The van der Waals surface area contributed by atoms with Crippen molar-refractivity contribution in [1.29, 1.82) is 0 Å². The van der Waals surface area contributed by atoms with Crippen LogP contribution in [0, 0.1) is 6.92 Å². The minimum absolute atomic E-state index is 0.121. The minimum atomic E-state index is -3.45. The number of rotatable bonds is 4. The monoisotopic (exact) mass is 290 g/mol. The molecule has 2 heterocycles. The average Bonchev–Trinajstić information content (AvgIpc) is 2.72. The Morgan fingerprint density at radius 3 is 2.94 bits per heavy atom. The number of hydrogen-bond donors (Lipinski definition) is 2. The highest BCUT2D eigenvalue weighted by molar-refractivity contribution is 7.89. The van der Waals surface area contributed by atoms with Crippen LogP contribution in [0.3, 0.4) is 0 Å². The van der Waals surface area contributed by atoms with Crippen LogP contribution in [0.15, 0.2) is 11.0 Å². The SMILES string of the molecule is Cc1sc(CN)cc1S(=O)(=O)NC1CCCOC1. The lowest BCUT2D eigenvalue weighted by atomic mass is 10.1. The lowest BCUT2D eigenvalue weighted by Crippen LogP contribution is -2.40. The number of ether oxygens (including phenoxy) is 1. The number of nitrogens with one attached hydrogen (secondary N) is 1. The first-order valence-corrected chi connectivity index (χ1v) is 8.22. The van der Waals surface area contributed by atoms with Gasteiger partial charge in [-0.15, -0.1) is 11.3 Å². The maximum absolute atomic E-state index is 12.2. The van der Waals surface area contributed by atoms with Gasteiger partial charge in [0, 0.05) is 28.9 Å². The Morgan fingerprint density at radius 2 is 2.39 bits per heavy atom. The van der Waals surface area contributed by atoms with Crippen LogP contribution in [0.4, 0.5) is 0 Å². The molecule has 1 aromatic rings. The van der Waals surface area contributed by atoms with Crippen molar-refractivity contribution in [2.24, 2.45) is 5.73 Å². The van der Waals surface area contributed by atoms with Gasteiger partial charge in [-0.3, -0.25) is 0 Å². The Bertz CT molecular complexity index is 504. The van der Waals surface area contributed by atoms with E-state index < -0.39 is 10.0 Å². The maximum Gasteiger partial charge on any atom is 0.242 e. The molecule has 0 bridgehead atoms. The van der Waals surface area contributed by atoms with Gasteiger partial charge < -0.3 is 10.5 Å². The molecule has 0 aromatic carbocycles. The van der Waals surface area contributed by atoms with E-state index in [4.69, 9.17) is 10.5 Å². The predicted molar refractivity (Wildman–Crippen MR) is 71.1 cm³/mol. The summed E-state index contributed by atoms with van der Waals surface area (Å²) in [6.07, 6.45) is 1.72. The topological polar surface area (TPSA) is 81.4 Å². The molecule has 18 heavy (non-hydrogen) atoms. The summed E-state index contributed by atoms with van der Waals surface area (Å²) in [5, 5.41) is 0. The van der Waals surface area contributed by atoms with Crippen LogP contribution < -0.4 is 10.5 Å². The number of thiophene rings is 1. The molecule has 0 spiro atoms. The summed E-state index contributed by atoms with van der Waals surface area (Å²) in [5.74, 6) is 0. The molecule has 1 unspecified atom stereocenters. The lowest BCUT2D eigenvalue weighted by Gasteiger charge is -2.22. The quantitative estimate of drug-likeness (QED) is 0.866. The van der Waals surface area contributed by atoms with Crippen molar-refractivity contribution in [3.63, 3.8) is 0 Å². The van der Waals surface area contributed by atoms with Crippen LogP contribution in [-0.2, 0) is 21.3 Å². The predicted octanol–water partition coefficient (Wildman–Crippen LogP) is 0.973. The Hall–Kier alpha value is -0.470. The second-order valence-electron chi connectivity index (χ2n) is 4.37. The summed E-state index contributed by atoms with van der Waals surface area (Å²) in [5.41, 5.74) is 5.53. The van der Waals surface area contributed by atoms with Gasteiger partial charge in [-0.05, 0) is 25.8 Å². The van der Waals surface area contributed by atoms with Crippen molar-refractivity contribution in [2.75, 3.05) is 13.2 Å². The van der Waals surface area contributed by atoms with E-state index in [0.717, 1.165) is 22.6 Å². The van der Waals surface area contributed by atoms with Crippen molar-refractivity contribution < 1.29 is 13.2 Å². The van der Waals surface area contributed by atoms with Gasteiger partial charge in [-0.1, -0.05) is 0 Å². The maximum atomic E-state index is 12.2. The van der Waals surface area contributed by atoms with E-state index >= 15 is 0 Å². The molecule has 1 aromatic heterocycles. The summed E-state index contributed by atoms with van der Waals surface area (Å²) in [6, 6.07) is 1.54. The Balaban J connectivity index is 2.16. The molecule has 5 nitrogen and oxygen atoms in total. The summed E-state index contributed by atoms with van der Waals surface area (Å²) >= 11 is 1.43. The molecule has 3 N–H and O–H groups in total. The zero-order chi connectivity index (χ0) is 13.2. The van der Waals surface area contributed by atoms with E-state index in [0.29, 0.717) is 24.7 Å². The van der Waals surface area contributed by atoms with Crippen molar-refractivity contribution in [3.8, 4) is 0 Å². The van der Waals surface area contributed by atoms with Crippen LogP contribution in [0.1, 0.15) is 22.6 Å². The third kappa shape index (κ3) is 3.10. The Kier molecular flexibility index (Phi) is 4.39. The van der Waals surface area contributed by atoms with Gasteiger partial charge in [-0.25, -0.2) is 13.1 Å². The Morgan fingerprint density at radius 1 is 1.61 bits per heavy atom. The van der Waals surface area contributed by atoms with Gasteiger partial charge in [0.2, 0.25) is 10.0 Å². The molecule has 1 saturated heterocycles.